The predicted octanol–water partition coefficient (Wildman–Crippen LogP) is 2.99. The SMILES string of the molecule is OC(COCC(F)(F)C(F)F)CC1Cc2ccccc21. The van der Waals surface area contributed by atoms with Crippen LogP contribution >= 0.6 is 0 Å². The van der Waals surface area contributed by atoms with Crippen LogP contribution in [-0.2, 0) is 11.2 Å². The molecule has 0 radical (unpaired) electrons. The molecule has 0 aliphatic heterocycles. The molecule has 0 saturated carbocycles. The van der Waals surface area contributed by atoms with Crippen molar-refractivity contribution in [1.29, 1.82) is 0 Å². The monoisotopic (exact) mass is 292 g/mol. The number of alkyl halides is 4. The number of aliphatic hydroxyl groups is 1. The van der Waals surface area contributed by atoms with Crippen LogP contribution in [0.25, 0.3) is 0 Å². The van der Waals surface area contributed by atoms with Gasteiger partial charge >= 0.3 is 12.3 Å². The summed E-state index contributed by atoms with van der Waals surface area (Å²) >= 11 is 0. The van der Waals surface area contributed by atoms with Crippen molar-refractivity contribution in [3.63, 3.8) is 0 Å². The molecule has 0 amide bonds. The Balaban J connectivity index is 1.71. The fraction of sp³-hybridized carbons (Fsp3) is 0.571. The summed E-state index contributed by atoms with van der Waals surface area (Å²) in [4.78, 5) is 0. The molecule has 1 aliphatic carbocycles. The average molecular weight is 292 g/mol. The molecule has 6 heteroatoms. The molecule has 0 fully saturated rings. The lowest BCUT2D eigenvalue weighted by Crippen LogP contribution is -2.34. The molecule has 0 spiro atoms. The lowest BCUT2D eigenvalue weighted by atomic mass is 9.75. The van der Waals surface area contributed by atoms with Gasteiger partial charge in [-0.1, -0.05) is 24.3 Å². The second kappa shape index (κ2) is 6.10. The minimum atomic E-state index is -4.16. The number of halogens is 4. The van der Waals surface area contributed by atoms with Crippen LogP contribution in [0.5, 0.6) is 0 Å². The van der Waals surface area contributed by atoms with Gasteiger partial charge in [-0.3, -0.25) is 0 Å². The van der Waals surface area contributed by atoms with Crippen LogP contribution in [0.15, 0.2) is 24.3 Å². The Morgan fingerprint density at radius 2 is 2.00 bits per heavy atom. The molecule has 2 rings (SSSR count). The van der Waals surface area contributed by atoms with Crippen LogP contribution in [0, 0.1) is 0 Å². The zero-order valence-corrected chi connectivity index (χ0v) is 10.7. The number of hydrogen-bond acceptors (Lipinski definition) is 2. The maximum absolute atomic E-state index is 12.6. The Bertz CT molecular complexity index is 451. The first-order valence-corrected chi connectivity index (χ1v) is 6.39. The molecule has 0 heterocycles. The quantitative estimate of drug-likeness (QED) is 0.783. The molecular weight excluding hydrogens is 276 g/mol. The van der Waals surface area contributed by atoms with Gasteiger partial charge in [0.15, 0.2) is 0 Å². The lowest BCUT2D eigenvalue weighted by molar-refractivity contribution is -0.170. The van der Waals surface area contributed by atoms with Crippen LogP contribution in [0.4, 0.5) is 17.6 Å². The van der Waals surface area contributed by atoms with E-state index in [2.05, 4.69) is 4.74 Å². The van der Waals surface area contributed by atoms with Gasteiger partial charge in [0, 0.05) is 0 Å². The van der Waals surface area contributed by atoms with Crippen LogP contribution in [0.2, 0.25) is 0 Å². The predicted molar refractivity (Wildman–Crippen MR) is 65.3 cm³/mol. The zero-order valence-electron chi connectivity index (χ0n) is 10.7. The number of ether oxygens (including phenoxy) is 1. The van der Waals surface area contributed by atoms with Crippen LogP contribution in [0.1, 0.15) is 23.5 Å². The second-order valence-electron chi connectivity index (χ2n) is 5.07. The maximum atomic E-state index is 12.6. The minimum Gasteiger partial charge on any atom is -0.391 e. The van der Waals surface area contributed by atoms with Crippen molar-refractivity contribution in [2.45, 2.75) is 37.2 Å². The van der Waals surface area contributed by atoms with Gasteiger partial charge in [-0.05, 0) is 29.9 Å². The van der Waals surface area contributed by atoms with Crippen molar-refractivity contribution in [2.75, 3.05) is 13.2 Å². The topological polar surface area (TPSA) is 29.5 Å². The normalized spacial score (nSPS) is 19.6. The van der Waals surface area contributed by atoms with E-state index in [1.165, 1.54) is 5.56 Å². The van der Waals surface area contributed by atoms with Crippen molar-refractivity contribution in [2.24, 2.45) is 0 Å². The average Bonchev–Trinajstić information content (AvgIpc) is 2.35. The summed E-state index contributed by atoms with van der Waals surface area (Å²) < 4.78 is 53.4. The van der Waals surface area contributed by atoms with Gasteiger partial charge in [-0.25, -0.2) is 8.78 Å². The molecule has 1 aromatic rings. The molecule has 0 aromatic heterocycles. The zero-order chi connectivity index (χ0) is 14.8. The highest BCUT2D eigenvalue weighted by Gasteiger charge is 2.41. The third-order valence-corrected chi connectivity index (χ3v) is 3.44. The minimum absolute atomic E-state index is 0.181. The first kappa shape index (κ1) is 15.3. The van der Waals surface area contributed by atoms with E-state index in [0.29, 0.717) is 6.42 Å². The van der Waals surface area contributed by atoms with E-state index >= 15 is 0 Å². The molecule has 2 unspecified atom stereocenters. The lowest BCUT2D eigenvalue weighted by Gasteiger charge is -2.31. The van der Waals surface area contributed by atoms with Gasteiger partial charge in [0.1, 0.15) is 6.61 Å². The van der Waals surface area contributed by atoms with E-state index in [4.69, 9.17) is 0 Å². The van der Waals surface area contributed by atoms with E-state index in [9.17, 15) is 22.7 Å². The molecule has 0 bridgehead atoms. The van der Waals surface area contributed by atoms with E-state index < -0.39 is 25.1 Å². The Hall–Kier alpha value is -1.14. The molecule has 1 N–H and O–H groups in total. The van der Waals surface area contributed by atoms with Crippen LogP contribution in [-0.4, -0.2) is 36.8 Å². The summed E-state index contributed by atoms with van der Waals surface area (Å²) in [5.74, 6) is -3.98. The molecule has 1 aliphatic rings. The number of rotatable bonds is 7. The highest BCUT2D eigenvalue weighted by molar-refractivity contribution is 5.39. The van der Waals surface area contributed by atoms with Gasteiger partial charge in [0.2, 0.25) is 0 Å². The van der Waals surface area contributed by atoms with E-state index in [0.717, 1.165) is 12.0 Å². The Morgan fingerprint density at radius 3 is 2.65 bits per heavy atom. The van der Waals surface area contributed by atoms with Crippen molar-refractivity contribution in [3.05, 3.63) is 35.4 Å². The first-order valence-electron chi connectivity index (χ1n) is 6.39. The molecule has 2 nitrogen and oxygen atoms in total. The van der Waals surface area contributed by atoms with Gasteiger partial charge < -0.3 is 9.84 Å². The molecule has 1 aromatic carbocycles. The van der Waals surface area contributed by atoms with E-state index in [-0.39, 0.29) is 12.5 Å². The number of hydrogen-bond donors (Lipinski definition) is 1. The summed E-state index contributed by atoms with van der Waals surface area (Å²) in [6.07, 6.45) is -3.46. The van der Waals surface area contributed by atoms with Crippen molar-refractivity contribution in [3.8, 4) is 0 Å². The fourth-order valence-corrected chi connectivity index (χ4v) is 2.36. The Morgan fingerprint density at radius 1 is 1.30 bits per heavy atom. The third-order valence-electron chi connectivity index (χ3n) is 3.44. The first-order chi connectivity index (χ1) is 9.40. The molecule has 20 heavy (non-hydrogen) atoms. The molecule has 0 saturated heterocycles. The van der Waals surface area contributed by atoms with Crippen LogP contribution in [0.3, 0.4) is 0 Å². The number of fused-ring (bicyclic) bond motifs is 1. The fourth-order valence-electron chi connectivity index (χ4n) is 2.36. The Labute approximate surface area is 114 Å². The largest absolute Gasteiger partial charge is 0.391 e. The summed E-state index contributed by atoms with van der Waals surface area (Å²) in [6, 6.07) is 7.79. The van der Waals surface area contributed by atoms with Crippen molar-refractivity contribution >= 4 is 0 Å². The highest BCUT2D eigenvalue weighted by Crippen LogP contribution is 2.38. The third kappa shape index (κ3) is 3.49. The summed E-state index contributed by atoms with van der Waals surface area (Å²) in [6.45, 7) is -1.73. The molecular formula is C14H16F4O2. The number of aliphatic hydroxyl groups excluding tert-OH is 1. The summed E-state index contributed by atoms with van der Waals surface area (Å²) in [7, 11) is 0. The molecule has 112 valence electrons. The summed E-state index contributed by atoms with van der Waals surface area (Å²) in [5.41, 5.74) is 2.36. The highest BCUT2D eigenvalue weighted by atomic mass is 19.3. The second-order valence-corrected chi connectivity index (χ2v) is 5.07. The van der Waals surface area contributed by atoms with Gasteiger partial charge in [0.05, 0.1) is 12.7 Å². The van der Waals surface area contributed by atoms with E-state index in [1.54, 1.807) is 0 Å². The number of benzene rings is 1. The molecule has 2 atom stereocenters. The van der Waals surface area contributed by atoms with E-state index in [1.807, 2.05) is 24.3 Å². The van der Waals surface area contributed by atoms with Gasteiger partial charge in [0.25, 0.3) is 0 Å². The maximum Gasteiger partial charge on any atom is 0.330 e. The Kier molecular flexibility index (Phi) is 4.65. The van der Waals surface area contributed by atoms with Gasteiger partial charge in [-0.2, -0.15) is 8.78 Å². The summed E-state index contributed by atoms with van der Waals surface area (Å²) in [5, 5.41) is 9.69. The van der Waals surface area contributed by atoms with Gasteiger partial charge in [-0.15, -0.1) is 0 Å². The standard InChI is InChI=1S/C14H16F4O2/c15-13(16)14(17,18)8-20-7-11(19)6-10-5-9-3-1-2-4-12(9)10/h1-4,10-11,13,19H,5-8H2. The van der Waals surface area contributed by atoms with Crippen LogP contribution < -0.4 is 0 Å². The van der Waals surface area contributed by atoms with Crippen molar-refractivity contribution < 1.29 is 27.4 Å². The van der Waals surface area contributed by atoms with Crippen molar-refractivity contribution in [1.82, 2.24) is 0 Å². The smallest absolute Gasteiger partial charge is 0.330 e.